The quantitative estimate of drug-likeness (QED) is 0.699. The topological polar surface area (TPSA) is 44.8 Å². The number of carbonyl (C=O) groups excluding carboxylic acids is 1. The molecule has 2 atom stereocenters. The molecule has 23 heavy (non-hydrogen) atoms. The summed E-state index contributed by atoms with van der Waals surface area (Å²) in [5.41, 5.74) is 0.992. The van der Waals surface area contributed by atoms with Gasteiger partial charge in [0.2, 0.25) is 0 Å². The van der Waals surface area contributed by atoms with E-state index >= 15 is 0 Å². The number of rotatable bonds is 7. The summed E-state index contributed by atoms with van der Waals surface area (Å²) < 4.78 is 17.8. The molecule has 1 heterocycles. The largest absolute Gasteiger partial charge is 0.328 e. The number of ether oxygens (including phenoxy) is 3. The standard InChI is InChI=1S/C18H26O4S/c1-4-20-18(21-5-2)13-12-15(17(19)23-6-3)16(22-18)14-10-8-7-9-11-14/h7-11,15-16H,4-6,12-13H2,1-3H3/t15-,16-/m0/s1. The van der Waals surface area contributed by atoms with Crippen LogP contribution >= 0.6 is 11.8 Å². The molecule has 0 unspecified atom stereocenters. The van der Waals surface area contributed by atoms with E-state index in [1.165, 1.54) is 11.8 Å². The molecule has 4 nitrogen and oxygen atoms in total. The van der Waals surface area contributed by atoms with Gasteiger partial charge in [0.1, 0.15) is 0 Å². The van der Waals surface area contributed by atoms with Crippen LogP contribution in [0.25, 0.3) is 0 Å². The smallest absolute Gasteiger partial charge is 0.283 e. The van der Waals surface area contributed by atoms with Gasteiger partial charge >= 0.3 is 0 Å². The Morgan fingerprint density at radius 1 is 1.22 bits per heavy atom. The predicted octanol–water partition coefficient (Wildman–Crippen LogP) is 4.16. The number of hydrogen-bond donors (Lipinski definition) is 0. The van der Waals surface area contributed by atoms with Crippen LogP contribution in [0.2, 0.25) is 0 Å². The van der Waals surface area contributed by atoms with Gasteiger partial charge in [-0.15, -0.1) is 0 Å². The fourth-order valence-electron chi connectivity index (χ4n) is 2.95. The third kappa shape index (κ3) is 4.57. The van der Waals surface area contributed by atoms with Crippen LogP contribution in [0.3, 0.4) is 0 Å². The molecule has 5 heteroatoms. The Kier molecular flexibility index (Phi) is 7.09. The third-order valence-electron chi connectivity index (χ3n) is 3.88. The van der Waals surface area contributed by atoms with E-state index in [2.05, 4.69) is 0 Å². The maximum atomic E-state index is 12.5. The van der Waals surface area contributed by atoms with E-state index < -0.39 is 5.97 Å². The Morgan fingerprint density at radius 2 is 1.87 bits per heavy atom. The predicted molar refractivity (Wildman–Crippen MR) is 92.1 cm³/mol. The van der Waals surface area contributed by atoms with E-state index in [-0.39, 0.29) is 17.1 Å². The van der Waals surface area contributed by atoms with Crippen molar-refractivity contribution in [1.29, 1.82) is 0 Å². The van der Waals surface area contributed by atoms with Crippen molar-refractivity contribution in [1.82, 2.24) is 0 Å². The van der Waals surface area contributed by atoms with Crippen LogP contribution in [0.15, 0.2) is 30.3 Å². The summed E-state index contributed by atoms with van der Waals surface area (Å²) in [6.07, 6.45) is 0.930. The minimum absolute atomic E-state index is 0.170. The molecule has 1 aromatic carbocycles. The summed E-state index contributed by atoms with van der Waals surface area (Å²) in [6.45, 7) is 6.85. The van der Waals surface area contributed by atoms with Gasteiger partial charge in [-0.25, -0.2) is 0 Å². The summed E-state index contributed by atoms with van der Waals surface area (Å²) in [7, 11) is 0. The van der Waals surface area contributed by atoms with Gasteiger partial charge in [-0.3, -0.25) is 4.79 Å². The Balaban J connectivity index is 2.28. The molecule has 1 fully saturated rings. The minimum atomic E-state index is -1.04. The molecule has 2 rings (SSSR count). The van der Waals surface area contributed by atoms with Crippen LogP contribution < -0.4 is 0 Å². The highest BCUT2D eigenvalue weighted by atomic mass is 32.2. The van der Waals surface area contributed by atoms with Gasteiger partial charge in [-0.1, -0.05) is 49.0 Å². The zero-order valence-electron chi connectivity index (χ0n) is 14.1. The highest BCUT2D eigenvalue weighted by Crippen LogP contribution is 2.44. The second kappa shape index (κ2) is 8.83. The highest BCUT2D eigenvalue weighted by Gasteiger charge is 2.46. The Bertz CT molecular complexity index is 485. The van der Waals surface area contributed by atoms with E-state index in [4.69, 9.17) is 14.2 Å². The number of thioether (sulfide) groups is 1. The molecule has 1 aromatic rings. The van der Waals surface area contributed by atoms with Crippen molar-refractivity contribution in [3.63, 3.8) is 0 Å². The molecule has 0 bridgehead atoms. The second-order valence-electron chi connectivity index (χ2n) is 5.40. The molecular formula is C18H26O4S. The number of carbonyl (C=O) groups is 1. The van der Waals surface area contributed by atoms with Gasteiger partial charge in [0.05, 0.1) is 12.0 Å². The van der Waals surface area contributed by atoms with E-state index in [0.29, 0.717) is 26.1 Å². The molecule has 0 spiro atoms. The second-order valence-corrected chi connectivity index (χ2v) is 6.66. The zero-order valence-corrected chi connectivity index (χ0v) is 14.9. The number of hydrogen-bond acceptors (Lipinski definition) is 5. The first-order chi connectivity index (χ1) is 11.2. The van der Waals surface area contributed by atoms with E-state index in [0.717, 1.165) is 11.3 Å². The van der Waals surface area contributed by atoms with Gasteiger partial charge in [0.15, 0.2) is 5.12 Å². The van der Waals surface area contributed by atoms with Gasteiger partial charge in [0.25, 0.3) is 5.97 Å². The van der Waals surface area contributed by atoms with Gasteiger partial charge in [-0.05, 0) is 31.6 Å². The summed E-state index contributed by atoms with van der Waals surface area (Å²) in [5, 5.41) is 0.183. The van der Waals surface area contributed by atoms with E-state index in [1.807, 2.05) is 51.1 Å². The first kappa shape index (κ1) is 18.5. The maximum absolute atomic E-state index is 12.5. The van der Waals surface area contributed by atoms with Crippen molar-refractivity contribution in [3.8, 4) is 0 Å². The molecule has 0 saturated carbocycles. The van der Waals surface area contributed by atoms with Crippen LogP contribution in [-0.2, 0) is 19.0 Å². The molecule has 0 N–H and O–H groups in total. The van der Waals surface area contributed by atoms with E-state index in [9.17, 15) is 4.79 Å². The molecule has 1 aliphatic rings. The van der Waals surface area contributed by atoms with Crippen LogP contribution in [0.5, 0.6) is 0 Å². The van der Waals surface area contributed by atoms with Gasteiger partial charge < -0.3 is 14.2 Å². The molecule has 128 valence electrons. The van der Waals surface area contributed by atoms with Gasteiger partial charge in [0, 0.05) is 19.6 Å². The Labute approximate surface area is 142 Å². The molecule has 1 aliphatic heterocycles. The fourth-order valence-corrected chi connectivity index (χ4v) is 3.69. The van der Waals surface area contributed by atoms with Crippen LogP contribution in [0.4, 0.5) is 0 Å². The lowest BCUT2D eigenvalue weighted by molar-refractivity contribution is -0.412. The normalized spacial score (nSPS) is 23.6. The van der Waals surface area contributed by atoms with Crippen molar-refractivity contribution in [2.45, 2.75) is 45.7 Å². The summed E-state index contributed by atoms with van der Waals surface area (Å²) >= 11 is 1.36. The summed E-state index contributed by atoms with van der Waals surface area (Å²) in [6, 6.07) is 9.88. The molecule has 0 aliphatic carbocycles. The van der Waals surface area contributed by atoms with Crippen molar-refractivity contribution >= 4 is 16.9 Å². The zero-order chi connectivity index (χ0) is 16.7. The third-order valence-corrected chi connectivity index (χ3v) is 4.76. The summed E-state index contributed by atoms with van der Waals surface area (Å²) in [4.78, 5) is 12.5. The minimum Gasteiger partial charge on any atom is -0.328 e. The van der Waals surface area contributed by atoms with Crippen molar-refractivity contribution in [3.05, 3.63) is 35.9 Å². The van der Waals surface area contributed by atoms with Crippen LogP contribution in [0.1, 0.15) is 45.3 Å². The average molecular weight is 338 g/mol. The molecule has 0 amide bonds. The maximum Gasteiger partial charge on any atom is 0.283 e. The SMILES string of the molecule is CCOC1(OCC)CC[C@H](C(=O)SCC)[C@H](c2ccccc2)O1. The van der Waals surface area contributed by atoms with Crippen LogP contribution in [0, 0.1) is 5.92 Å². The molecule has 1 saturated heterocycles. The van der Waals surface area contributed by atoms with Gasteiger partial charge in [-0.2, -0.15) is 0 Å². The summed E-state index contributed by atoms with van der Waals surface area (Å²) in [5.74, 6) is -0.437. The highest BCUT2D eigenvalue weighted by molar-refractivity contribution is 8.13. The molecular weight excluding hydrogens is 312 g/mol. The fraction of sp³-hybridized carbons (Fsp3) is 0.611. The number of benzene rings is 1. The van der Waals surface area contributed by atoms with Crippen molar-refractivity contribution < 1.29 is 19.0 Å². The Morgan fingerprint density at radius 3 is 2.43 bits per heavy atom. The lowest BCUT2D eigenvalue weighted by Gasteiger charge is -2.43. The average Bonchev–Trinajstić information content (AvgIpc) is 2.56. The molecule has 0 radical (unpaired) electrons. The monoisotopic (exact) mass is 338 g/mol. The van der Waals surface area contributed by atoms with E-state index in [1.54, 1.807) is 0 Å². The first-order valence-corrected chi connectivity index (χ1v) is 9.31. The van der Waals surface area contributed by atoms with Crippen LogP contribution in [-0.4, -0.2) is 30.1 Å². The van der Waals surface area contributed by atoms with Crippen molar-refractivity contribution in [2.75, 3.05) is 19.0 Å². The Hall–Kier alpha value is -0.880. The van der Waals surface area contributed by atoms with Crippen molar-refractivity contribution in [2.24, 2.45) is 5.92 Å². The lowest BCUT2D eigenvalue weighted by Crippen LogP contribution is -2.47. The molecule has 0 aromatic heterocycles. The first-order valence-electron chi connectivity index (χ1n) is 8.33. The lowest BCUT2D eigenvalue weighted by atomic mass is 9.89.